The summed E-state index contributed by atoms with van der Waals surface area (Å²) in [5.41, 5.74) is 2.66. The van der Waals surface area contributed by atoms with Gasteiger partial charge in [0.1, 0.15) is 17.7 Å². The van der Waals surface area contributed by atoms with Gasteiger partial charge in [-0.1, -0.05) is 64.1 Å². The first-order chi connectivity index (χ1) is 17.4. The molecule has 0 fully saturated rings. The minimum Gasteiger partial charge on any atom is -0.490 e. The Hall–Kier alpha value is -3.37. The topological polar surface area (TPSA) is 92.3 Å². The molecule has 0 unspecified atom stereocenters. The lowest BCUT2D eigenvalue weighted by Gasteiger charge is -2.17. The van der Waals surface area contributed by atoms with Crippen LogP contribution in [0.25, 0.3) is 5.69 Å². The second-order valence-electron chi connectivity index (χ2n) is 7.88. The van der Waals surface area contributed by atoms with Crippen molar-refractivity contribution in [1.29, 1.82) is 0 Å². The van der Waals surface area contributed by atoms with Gasteiger partial charge >= 0.3 is 0 Å². The highest BCUT2D eigenvalue weighted by Crippen LogP contribution is 2.39. The maximum atomic E-state index is 11.6. The predicted octanol–water partition coefficient (Wildman–Crippen LogP) is 6.43. The fourth-order valence-electron chi connectivity index (χ4n) is 3.62. The highest BCUT2D eigenvalue weighted by Gasteiger charge is 2.25. The first-order valence-corrected chi connectivity index (χ1v) is 13.0. The van der Waals surface area contributed by atoms with E-state index >= 15 is 0 Å². The molecule has 4 aromatic rings. The van der Waals surface area contributed by atoms with E-state index in [0.29, 0.717) is 35.7 Å². The van der Waals surface area contributed by atoms with Crippen LogP contribution in [0.3, 0.4) is 0 Å². The lowest BCUT2D eigenvalue weighted by Crippen LogP contribution is -2.11. The quantitative estimate of drug-likeness (QED) is 0.117. The predicted molar refractivity (Wildman–Crippen MR) is 143 cm³/mol. The second-order valence-corrected chi connectivity index (χ2v) is 9.96. The summed E-state index contributed by atoms with van der Waals surface area (Å²) in [4.78, 5) is 11.3. The van der Waals surface area contributed by atoms with Crippen molar-refractivity contribution in [3.05, 3.63) is 104 Å². The molecule has 10 heteroatoms. The number of rotatable bonds is 11. The summed E-state index contributed by atoms with van der Waals surface area (Å²) in [5.74, 6) is 1.83. The molecule has 0 amide bonds. The van der Waals surface area contributed by atoms with Crippen molar-refractivity contribution < 1.29 is 14.4 Å². The molecule has 0 N–H and O–H groups in total. The highest BCUT2D eigenvalue weighted by atomic mass is 79.9. The zero-order valence-corrected chi connectivity index (χ0v) is 22.2. The maximum Gasteiger partial charge on any atom is 0.220 e. The van der Waals surface area contributed by atoms with Gasteiger partial charge in [-0.25, -0.2) is 0 Å². The SMILES string of the molecule is CCOc1cc([C@H](C[N+](=O)[O-])Sc2nnc(C)n2-c2ccccc2)ccc1OCc1ccc(Br)cc1. The van der Waals surface area contributed by atoms with Gasteiger partial charge in [0.15, 0.2) is 16.7 Å². The van der Waals surface area contributed by atoms with E-state index in [1.165, 1.54) is 11.8 Å². The lowest BCUT2D eigenvalue weighted by molar-refractivity contribution is -0.479. The van der Waals surface area contributed by atoms with Crippen molar-refractivity contribution in [2.24, 2.45) is 0 Å². The van der Waals surface area contributed by atoms with Crippen molar-refractivity contribution in [3.8, 4) is 17.2 Å². The molecule has 4 rings (SSSR count). The van der Waals surface area contributed by atoms with Crippen LogP contribution in [-0.4, -0.2) is 32.8 Å². The van der Waals surface area contributed by atoms with Crippen LogP contribution >= 0.6 is 27.7 Å². The van der Waals surface area contributed by atoms with Gasteiger partial charge in [0.25, 0.3) is 0 Å². The fraction of sp³-hybridized carbons (Fsp3) is 0.231. The molecular formula is C26H25BrN4O4S. The number of nitro groups is 1. The third-order valence-corrected chi connectivity index (χ3v) is 7.03. The smallest absolute Gasteiger partial charge is 0.220 e. The number of halogens is 1. The van der Waals surface area contributed by atoms with Crippen molar-refractivity contribution in [2.75, 3.05) is 13.2 Å². The van der Waals surface area contributed by atoms with Gasteiger partial charge in [-0.15, -0.1) is 10.2 Å². The van der Waals surface area contributed by atoms with E-state index in [1.54, 1.807) is 6.07 Å². The molecule has 0 radical (unpaired) electrons. The number of aryl methyl sites for hydroxylation is 1. The largest absolute Gasteiger partial charge is 0.490 e. The molecule has 8 nitrogen and oxygen atoms in total. The number of hydrogen-bond acceptors (Lipinski definition) is 7. The summed E-state index contributed by atoms with van der Waals surface area (Å²) < 4.78 is 14.8. The zero-order chi connectivity index (χ0) is 25.5. The van der Waals surface area contributed by atoms with Crippen LogP contribution in [0.4, 0.5) is 0 Å². The van der Waals surface area contributed by atoms with Gasteiger partial charge in [0.05, 0.1) is 6.61 Å². The number of para-hydroxylation sites is 1. The molecule has 0 bridgehead atoms. The minimum atomic E-state index is -0.509. The molecule has 36 heavy (non-hydrogen) atoms. The maximum absolute atomic E-state index is 11.6. The van der Waals surface area contributed by atoms with Crippen LogP contribution in [0.1, 0.15) is 29.1 Å². The van der Waals surface area contributed by atoms with Crippen molar-refractivity contribution in [3.63, 3.8) is 0 Å². The van der Waals surface area contributed by atoms with Crippen LogP contribution in [0.2, 0.25) is 0 Å². The highest BCUT2D eigenvalue weighted by molar-refractivity contribution is 9.10. The normalized spacial score (nSPS) is 11.8. The van der Waals surface area contributed by atoms with Gasteiger partial charge in [-0.2, -0.15) is 0 Å². The standard InChI is InChI=1S/C26H25BrN4O4S/c1-3-34-24-15-20(11-14-23(24)35-17-19-9-12-21(27)13-10-19)25(16-30(32)33)36-26-29-28-18(2)31(26)22-7-5-4-6-8-22/h4-15,25H,3,16-17H2,1-2H3/t25-/m0/s1. The number of nitrogens with zero attached hydrogens (tertiary/aromatic N) is 4. The molecular weight excluding hydrogens is 544 g/mol. The van der Waals surface area contributed by atoms with Gasteiger partial charge < -0.3 is 9.47 Å². The monoisotopic (exact) mass is 568 g/mol. The average Bonchev–Trinajstić information content (AvgIpc) is 3.24. The molecule has 1 heterocycles. The Kier molecular flexibility index (Phi) is 8.61. The van der Waals surface area contributed by atoms with E-state index in [4.69, 9.17) is 9.47 Å². The summed E-state index contributed by atoms with van der Waals surface area (Å²) in [5, 5.41) is 20.2. The summed E-state index contributed by atoms with van der Waals surface area (Å²) in [6, 6.07) is 23.0. The summed E-state index contributed by atoms with van der Waals surface area (Å²) in [6.07, 6.45) is 0. The van der Waals surface area contributed by atoms with Crippen LogP contribution in [0, 0.1) is 17.0 Å². The van der Waals surface area contributed by atoms with E-state index < -0.39 is 5.25 Å². The van der Waals surface area contributed by atoms with Crippen LogP contribution in [0.15, 0.2) is 82.4 Å². The van der Waals surface area contributed by atoms with E-state index in [2.05, 4.69) is 26.1 Å². The van der Waals surface area contributed by atoms with Crippen molar-refractivity contribution in [2.45, 2.75) is 30.9 Å². The summed E-state index contributed by atoms with van der Waals surface area (Å²) >= 11 is 4.74. The molecule has 0 saturated carbocycles. The van der Waals surface area contributed by atoms with Crippen LogP contribution < -0.4 is 9.47 Å². The Bertz CT molecular complexity index is 1320. The lowest BCUT2D eigenvalue weighted by atomic mass is 10.1. The van der Waals surface area contributed by atoms with E-state index in [9.17, 15) is 10.1 Å². The third kappa shape index (κ3) is 6.44. The first kappa shape index (κ1) is 25.7. The number of thioether (sulfide) groups is 1. The third-order valence-electron chi connectivity index (χ3n) is 5.32. The summed E-state index contributed by atoms with van der Waals surface area (Å²) in [7, 11) is 0. The Morgan fingerprint density at radius 2 is 1.78 bits per heavy atom. The Balaban J connectivity index is 1.61. The molecule has 3 aromatic carbocycles. The van der Waals surface area contributed by atoms with E-state index in [-0.39, 0.29) is 11.5 Å². The van der Waals surface area contributed by atoms with Gasteiger partial charge in [0.2, 0.25) is 6.54 Å². The van der Waals surface area contributed by atoms with Gasteiger partial charge in [-0.05, 0) is 61.4 Å². The molecule has 0 saturated heterocycles. The van der Waals surface area contributed by atoms with Gasteiger partial charge in [0, 0.05) is 15.1 Å². The molecule has 1 aromatic heterocycles. The number of hydrogen-bond donors (Lipinski definition) is 0. The van der Waals surface area contributed by atoms with Crippen LogP contribution in [-0.2, 0) is 6.61 Å². The van der Waals surface area contributed by atoms with Crippen molar-refractivity contribution >= 4 is 27.7 Å². The van der Waals surface area contributed by atoms with Crippen LogP contribution in [0.5, 0.6) is 11.5 Å². The molecule has 0 aliphatic carbocycles. The average molecular weight is 569 g/mol. The first-order valence-electron chi connectivity index (χ1n) is 11.3. The zero-order valence-electron chi connectivity index (χ0n) is 19.8. The molecule has 0 aliphatic rings. The number of ether oxygens (including phenoxy) is 2. The molecule has 0 spiro atoms. The van der Waals surface area contributed by atoms with Crippen molar-refractivity contribution in [1.82, 2.24) is 14.8 Å². The number of aromatic nitrogens is 3. The Morgan fingerprint density at radius 1 is 1.03 bits per heavy atom. The molecule has 0 aliphatic heterocycles. The minimum absolute atomic E-state index is 0.282. The molecule has 186 valence electrons. The van der Waals surface area contributed by atoms with Gasteiger partial charge in [-0.3, -0.25) is 14.7 Å². The van der Waals surface area contributed by atoms with E-state index in [1.807, 2.05) is 85.1 Å². The second kappa shape index (κ2) is 12.0. The Morgan fingerprint density at radius 3 is 2.47 bits per heavy atom. The molecule has 1 atom stereocenters. The summed E-state index contributed by atoms with van der Waals surface area (Å²) in [6.45, 7) is 4.28. The fourth-order valence-corrected chi connectivity index (χ4v) is 5.05. The number of benzene rings is 3. The van der Waals surface area contributed by atoms with E-state index in [0.717, 1.165) is 21.3 Å². The Labute approximate surface area is 221 Å².